The van der Waals surface area contributed by atoms with E-state index in [2.05, 4.69) is 10.1 Å². The van der Waals surface area contributed by atoms with Gasteiger partial charge in [0, 0.05) is 18.2 Å². The fourth-order valence-corrected chi connectivity index (χ4v) is 2.54. The van der Waals surface area contributed by atoms with Crippen LogP contribution in [0.1, 0.15) is 17.5 Å². The summed E-state index contributed by atoms with van der Waals surface area (Å²) in [6, 6.07) is 4.71. The first-order valence-corrected chi connectivity index (χ1v) is 7.42. The highest BCUT2D eigenvalue weighted by Gasteiger charge is 2.19. The summed E-state index contributed by atoms with van der Waals surface area (Å²) in [5, 5.41) is 23.5. The van der Waals surface area contributed by atoms with Crippen molar-refractivity contribution in [1.29, 1.82) is 5.26 Å². The Labute approximate surface area is 142 Å². The number of halogens is 1. The molecule has 1 N–H and O–H groups in total. The number of aliphatic imine (C=N–C) groups is 1. The van der Waals surface area contributed by atoms with Crippen molar-refractivity contribution < 1.29 is 14.3 Å². The van der Waals surface area contributed by atoms with Gasteiger partial charge in [-0.2, -0.15) is 15.0 Å². The summed E-state index contributed by atoms with van der Waals surface area (Å²) in [6.07, 6.45) is 7.21. The summed E-state index contributed by atoms with van der Waals surface area (Å²) < 4.78 is 15.4. The molecule has 3 rings (SSSR count). The Morgan fingerprint density at radius 3 is 2.92 bits per heavy atom. The number of benzene rings is 1. The zero-order valence-corrected chi connectivity index (χ0v) is 13.3. The predicted octanol–water partition coefficient (Wildman–Crippen LogP) is 2.86. The predicted molar refractivity (Wildman–Crippen MR) is 89.5 cm³/mol. The number of rotatable bonds is 2. The fourth-order valence-electron chi connectivity index (χ4n) is 2.54. The summed E-state index contributed by atoms with van der Waals surface area (Å²) in [6.45, 7) is 1.54. The van der Waals surface area contributed by atoms with Gasteiger partial charge in [-0.15, -0.1) is 0 Å². The molecule has 124 valence electrons. The van der Waals surface area contributed by atoms with E-state index in [0.717, 1.165) is 0 Å². The number of carbonyl (C=O) groups is 1. The van der Waals surface area contributed by atoms with E-state index in [1.807, 2.05) is 0 Å². The number of aldehydes is 1. The first kappa shape index (κ1) is 16.3. The van der Waals surface area contributed by atoms with E-state index in [4.69, 9.17) is 5.26 Å². The second kappa shape index (κ2) is 6.53. The van der Waals surface area contributed by atoms with Crippen LogP contribution < -0.4 is 0 Å². The van der Waals surface area contributed by atoms with Gasteiger partial charge in [0.2, 0.25) is 5.88 Å². The standard InChI is InChI=1S/C18H13FN4O2/c1-11-14(6-5-13(7-20)17(11)19)15-9-22-23(18(15)25)16-4-2-3-12(10-24)8-21-16/h2-3,5-6,8-10,25H,4H2,1H3. The third-order valence-electron chi connectivity index (χ3n) is 3.89. The molecule has 0 amide bonds. The molecule has 0 radical (unpaired) electrons. The molecule has 0 bridgehead atoms. The van der Waals surface area contributed by atoms with Crippen LogP contribution in [0.3, 0.4) is 0 Å². The van der Waals surface area contributed by atoms with Crippen molar-refractivity contribution in [2.24, 2.45) is 4.99 Å². The molecule has 0 fully saturated rings. The number of hydrogen-bond donors (Lipinski definition) is 1. The number of carbonyl (C=O) groups excluding carboxylic acids is 1. The van der Waals surface area contributed by atoms with E-state index in [0.29, 0.717) is 35.2 Å². The molecule has 0 unspecified atom stereocenters. The van der Waals surface area contributed by atoms with Gasteiger partial charge in [0.25, 0.3) is 0 Å². The van der Waals surface area contributed by atoms with Crippen LogP contribution in [0, 0.1) is 24.1 Å². The molecule has 0 atom stereocenters. The molecule has 7 heteroatoms. The van der Waals surface area contributed by atoms with E-state index in [1.165, 1.54) is 30.1 Å². The molecule has 2 heterocycles. The Morgan fingerprint density at radius 1 is 1.40 bits per heavy atom. The zero-order chi connectivity index (χ0) is 18.0. The van der Waals surface area contributed by atoms with Crippen molar-refractivity contribution >= 4 is 12.1 Å². The van der Waals surface area contributed by atoms with Crippen molar-refractivity contribution in [3.63, 3.8) is 0 Å². The Morgan fingerprint density at radius 2 is 2.20 bits per heavy atom. The molecular weight excluding hydrogens is 323 g/mol. The highest BCUT2D eigenvalue weighted by atomic mass is 19.1. The molecule has 0 spiro atoms. The van der Waals surface area contributed by atoms with Crippen LogP contribution in [0.2, 0.25) is 0 Å². The molecule has 6 nitrogen and oxygen atoms in total. The number of nitrogens with zero attached hydrogens (tertiary/aromatic N) is 4. The van der Waals surface area contributed by atoms with Crippen molar-refractivity contribution in [1.82, 2.24) is 9.78 Å². The summed E-state index contributed by atoms with van der Waals surface area (Å²) in [5.74, 6) is -0.397. The van der Waals surface area contributed by atoms with Gasteiger partial charge in [-0.25, -0.2) is 9.38 Å². The van der Waals surface area contributed by atoms with Gasteiger partial charge in [0.1, 0.15) is 17.7 Å². The van der Waals surface area contributed by atoms with Crippen molar-refractivity contribution in [3.8, 4) is 23.1 Å². The summed E-state index contributed by atoms with van der Waals surface area (Å²) in [7, 11) is 0. The van der Waals surface area contributed by atoms with Gasteiger partial charge in [-0.05, 0) is 24.1 Å². The van der Waals surface area contributed by atoms with Gasteiger partial charge < -0.3 is 5.11 Å². The maximum absolute atomic E-state index is 14.2. The SMILES string of the molecule is Cc1c(-c2cnn(C3=NC=C(C=O)C=CC3)c2O)ccc(C#N)c1F. The quantitative estimate of drug-likeness (QED) is 0.854. The third kappa shape index (κ3) is 2.85. The van der Waals surface area contributed by atoms with Crippen molar-refractivity contribution in [2.75, 3.05) is 0 Å². The lowest BCUT2D eigenvalue weighted by molar-refractivity contribution is -0.104. The lowest BCUT2D eigenvalue weighted by Crippen LogP contribution is -2.11. The monoisotopic (exact) mass is 336 g/mol. The Balaban J connectivity index is 2.07. The minimum Gasteiger partial charge on any atom is -0.493 e. The number of aromatic nitrogens is 2. The van der Waals surface area contributed by atoms with Crippen LogP contribution in [-0.4, -0.2) is 27.0 Å². The molecule has 0 saturated carbocycles. The van der Waals surface area contributed by atoms with Crippen molar-refractivity contribution in [2.45, 2.75) is 13.3 Å². The first-order valence-electron chi connectivity index (χ1n) is 7.42. The minimum atomic E-state index is -0.625. The lowest BCUT2D eigenvalue weighted by atomic mass is 10.00. The number of aromatic hydroxyl groups is 1. The zero-order valence-electron chi connectivity index (χ0n) is 13.3. The average Bonchev–Trinajstić information content (AvgIpc) is 2.84. The van der Waals surface area contributed by atoms with E-state index in [9.17, 15) is 14.3 Å². The summed E-state index contributed by atoms with van der Waals surface area (Å²) in [4.78, 5) is 15.0. The molecule has 25 heavy (non-hydrogen) atoms. The van der Waals surface area contributed by atoms with Gasteiger partial charge in [-0.1, -0.05) is 18.2 Å². The number of hydrogen-bond acceptors (Lipinski definition) is 5. The lowest BCUT2D eigenvalue weighted by Gasteiger charge is -2.08. The Hall–Kier alpha value is -3.53. The second-order valence-electron chi connectivity index (χ2n) is 5.40. The maximum Gasteiger partial charge on any atom is 0.223 e. The van der Waals surface area contributed by atoms with Crippen LogP contribution in [0.4, 0.5) is 4.39 Å². The third-order valence-corrected chi connectivity index (χ3v) is 3.89. The minimum absolute atomic E-state index is 0.0575. The Kier molecular flexibility index (Phi) is 4.27. The average molecular weight is 336 g/mol. The van der Waals surface area contributed by atoms with Gasteiger partial charge in [-0.3, -0.25) is 4.79 Å². The van der Waals surface area contributed by atoms with Crippen LogP contribution in [0.5, 0.6) is 5.88 Å². The van der Waals surface area contributed by atoms with E-state index >= 15 is 0 Å². The smallest absolute Gasteiger partial charge is 0.223 e. The highest BCUT2D eigenvalue weighted by Crippen LogP contribution is 2.33. The van der Waals surface area contributed by atoms with E-state index in [-0.39, 0.29) is 17.0 Å². The topological polar surface area (TPSA) is 91.3 Å². The molecular formula is C18H13FN4O2. The normalized spacial score (nSPS) is 13.6. The van der Waals surface area contributed by atoms with Gasteiger partial charge in [0.05, 0.1) is 17.3 Å². The molecule has 0 aliphatic carbocycles. The number of nitriles is 1. The van der Waals surface area contributed by atoms with Gasteiger partial charge in [0.15, 0.2) is 6.29 Å². The maximum atomic E-state index is 14.2. The molecule has 1 aliphatic heterocycles. The Bertz CT molecular complexity index is 993. The van der Waals surface area contributed by atoms with Crippen LogP contribution in [0.15, 0.2) is 47.2 Å². The second-order valence-corrected chi connectivity index (χ2v) is 5.40. The molecule has 0 saturated heterocycles. The summed E-state index contributed by atoms with van der Waals surface area (Å²) in [5.41, 5.74) is 1.37. The van der Waals surface area contributed by atoms with Crippen LogP contribution >= 0.6 is 0 Å². The molecule has 1 aromatic heterocycles. The number of allylic oxidation sites excluding steroid dienone is 3. The molecule has 1 aliphatic rings. The fraction of sp³-hybridized carbons (Fsp3) is 0.111. The first-order chi connectivity index (χ1) is 12.1. The van der Waals surface area contributed by atoms with Gasteiger partial charge >= 0.3 is 0 Å². The molecule has 2 aromatic rings. The van der Waals surface area contributed by atoms with E-state index in [1.54, 1.807) is 24.3 Å². The highest BCUT2D eigenvalue weighted by molar-refractivity contribution is 5.90. The van der Waals surface area contributed by atoms with Crippen LogP contribution in [0.25, 0.3) is 11.1 Å². The molecule has 1 aromatic carbocycles. The largest absolute Gasteiger partial charge is 0.493 e. The summed E-state index contributed by atoms with van der Waals surface area (Å²) >= 11 is 0. The van der Waals surface area contributed by atoms with Crippen LogP contribution in [-0.2, 0) is 4.79 Å². The van der Waals surface area contributed by atoms with Crippen molar-refractivity contribution in [3.05, 3.63) is 59.2 Å². The van der Waals surface area contributed by atoms with E-state index < -0.39 is 5.82 Å².